The molecule has 0 aliphatic rings. The first-order valence-corrected chi connectivity index (χ1v) is 10.2. The molecule has 30 heavy (non-hydrogen) atoms. The molecular formula is C19H18F3N3O4S. The van der Waals surface area contributed by atoms with Gasteiger partial charge in [-0.25, -0.2) is 8.42 Å². The molecular weight excluding hydrogens is 423 g/mol. The average Bonchev–Trinajstić information content (AvgIpc) is 3.28. The molecule has 3 rings (SSSR count). The van der Waals surface area contributed by atoms with Crippen molar-refractivity contribution in [3.63, 3.8) is 0 Å². The lowest BCUT2D eigenvalue weighted by atomic mass is 10.1. The van der Waals surface area contributed by atoms with Gasteiger partial charge in [0.2, 0.25) is 0 Å². The number of H-pyrrole nitrogens is 1. The summed E-state index contributed by atoms with van der Waals surface area (Å²) >= 11 is 0. The van der Waals surface area contributed by atoms with Crippen molar-refractivity contribution in [3.8, 4) is 22.6 Å². The van der Waals surface area contributed by atoms with Crippen molar-refractivity contribution in [2.24, 2.45) is 0 Å². The van der Waals surface area contributed by atoms with Gasteiger partial charge in [-0.15, -0.1) is 0 Å². The summed E-state index contributed by atoms with van der Waals surface area (Å²) in [5.41, 5.74) is 1.09. The van der Waals surface area contributed by atoms with Crippen LogP contribution in [-0.2, 0) is 38.7 Å². The molecule has 0 saturated heterocycles. The normalized spacial score (nSPS) is 11.8. The van der Waals surface area contributed by atoms with Gasteiger partial charge in [-0.3, -0.25) is 9.48 Å². The Balaban J connectivity index is 1.97. The van der Waals surface area contributed by atoms with Gasteiger partial charge in [-0.05, 0) is 42.3 Å². The maximum atomic E-state index is 13.1. The van der Waals surface area contributed by atoms with Gasteiger partial charge in [0.25, 0.3) is 0 Å². The van der Waals surface area contributed by atoms with Crippen molar-refractivity contribution in [3.05, 3.63) is 53.7 Å². The van der Waals surface area contributed by atoms with Crippen LogP contribution in [-0.4, -0.2) is 35.8 Å². The molecule has 3 aromatic rings. The summed E-state index contributed by atoms with van der Waals surface area (Å²) in [6, 6.07) is 10.9. The number of esters is 1. The van der Waals surface area contributed by atoms with E-state index in [0.717, 1.165) is 10.7 Å². The lowest BCUT2D eigenvalue weighted by molar-refractivity contribution is -0.146. The zero-order valence-corrected chi connectivity index (χ0v) is 16.7. The van der Waals surface area contributed by atoms with Gasteiger partial charge in [0.1, 0.15) is 17.2 Å². The van der Waals surface area contributed by atoms with E-state index in [2.05, 4.69) is 10.1 Å². The minimum Gasteiger partial charge on any atom is -0.465 e. The predicted molar refractivity (Wildman–Crippen MR) is 103 cm³/mol. The SMILES string of the molecule is CCOC(=O)Cn1nc(C(F)(F)F)cc1-c1ccc(-c2cccc(C[SH](=O)=O)c2)[nH]1. The fourth-order valence-corrected chi connectivity index (χ4v) is 3.42. The Bertz CT molecular complexity index is 1120. The molecule has 11 heteroatoms. The standard InChI is InChI=1S/C19H18F3N3O4S/c1-2-29-18(26)10-25-16(9-17(24-25)19(20,21)22)15-7-6-14(23-15)13-5-3-4-12(8-13)11-30(27)28/h3-9,23,30H,2,10-11H2,1H3. The third-order valence-electron chi connectivity index (χ3n) is 4.17. The number of halogens is 3. The number of nitrogens with one attached hydrogen (secondary N) is 1. The van der Waals surface area contributed by atoms with Gasteiger partial charge in [-0.2, -0.15) is 18.3 Å². The zero-order chi connectivity index (χ0) is 21.9. The van der Waals surface area contributed by atoms with Crippen molar-refractivity contribution in [1.82, 2.24) is 14.8 Å². The minimum atomic E-state index is -4.67. The number of rotatable bonds is 7. The smallest absolute Gasteiger partial charge is 0.435 e. The Hall–Kier alpha value is -3.08. The van der Waals surface area contributed by atoms with Crippen LogP contribution >= 0.6 is 0 Å². The van der Waals surface area contributed by atoms with Crippen molar-refractivity contribution in [2.75, 3.05) is 6.61 Å². The molecule has 0 aliphatic heterocycles. The molecule has 2 heterocycles. The van der Waals surface area contributed by atoms with Crippen LogP contribution in [0.15, 0.2) is 42.5 Å². The van der Waals surface area contributed by atoms with Crippen LogP contribution in [0.25, 0.3) is 22.6 Å². The van der Waals surface area contributed by atoms with Crippen LogP contribution in [0.1, 0.15) is 18.2 Å². The molecule has 0 aliphatic carbocycles. The lowest BCUT2D eigenvalue weighted by Gasteiger charge is -2.06. The minimum absolute atomic E-state index is 0.0698. The maximum absolute atomic E-state index is 13.1. The van der Waals surface area contributed by atoms with Gasteiger partial charge < -0.3 is 9.72 Å². The molecule has 0 atom stereocenters. The van der Waals surface area contributed by atoms with Gasteiger partial charge in [0.15, 0.2) is 5.69 Å². The fourth-order valence-electron chi connectivity index (χ4n) is 2.92. The van der Waals surface area contributed by atoms with E-state index in [1.165, 1.54) is 0 Å². The second-order valence-electron chi connectivity index (χ2n) is 6.35. The average molecular weight is 441 g/mol. The summed E-state index contributed by atoms with van der Waals surface area (Å²) in [6.07, 6.45) is -4.67. The molecule has 2 aromatic heterocycles. The topological polar surface area (TPSA) is 94.1 Å². The van der Waals surface area contributed by atoms with Gasteiger partial charge >= 0.3 is 12.1 Å². The quantitative estimate of drug-likeness (QED) is 0.434. The van der Waals surface area contributed by atoms with Crippen LogP contribution in [0.5, 0.6) is 0 Å². The van der Waals surface area contributed by atoms with Crippen LogP contribution in [0.3, 0.4) is 0 Å². The summed E-state index contributed by atoms with van der Waals surface area (Å²) < 4.78 is 67.1. The van der Waals surface area contributed by atoms with Gasteiger partial charge in [0, 0.05) is 5.69 Å². The second-order valence-corrected chi connectivity index (χ2v) is 7.33. The number of hydrogen-bond acceptors (Lipinski definition) is 5. The first-order chi connectivity index (χ1) is 14.2. The Labute approximate surface area is 171 Å². The number of nitrogens with zero attached hydrogens (tertiary/aromatic N) is 2. The van der Waals surface area contributed by atoms with E-state index in [1.807, 2.05) is 0 Å². The fraction of sp³-hybridized carbons (Fsp3) is 0.263. The van der Waals surface area contributed by atoms with E-state index in [-0.39, 0.29) is 18.1 Å². The van der Waals surface area contributed by atoms with Crippen molar-refractivity contribution in [1.29, 1.82) is 0 Å². The first-order valence-electron chi connectivity index (χ1n) is 8.88. The van der Waals surface area contributed by atoms with Gasteiger partial charge in [0.05, 0.1) is 23.7 Å². The Morgan fingerprint density at radius 1 is 1.17 bits per heavy atom. The van der Waals surface area contributed by atoms with Crippen molar-refractivity contribution in [2.45, 2.75) is 25.4 Å². The number of aromatic nitrogens is 3. The van der Waals surface area contributed by atoms with Gasteiger partial charge in [-0.1, -0.05) is 18.2 Å². The summed E-state index contributed by atoms with van der Waals surface area (Å²) in [4.78, 5) is 14.8. The monoisotopic (exact) mass is 441 g/mol. The Morgan fingerprint density at radius 2 is 1.90 bits per heavy atom. The second kappa shape index (κ2) is 8.74. The van der Waals surface area contributed by atoms with Crippen LogP contribution in [0, 0.1) is 0 Å². The maximum Gasteiger partial charge on any atom is 0.435 e. The van der Waals surface area contributed by atoms with Crippen molar-refractivity contribution >= 4 is 16.7 Å². The van der Waals surface area contributed by atoms with E-state index in [4.69, 9.17) is 4.74 Å². The number of ether oxygens (including phenoxy) is 1. The molecule has 160 valence electrons. The number of carbonyl (C=O) groups is 1. The largest absolute Gasteiger partial charge is 0.465 e. The molecule has 0 amide bonds. The first kappa shape index (κ1) is 21.6. The van der Waals surface area contributed by atoms with Crippen molar-refractivity contribution < 1.29 is 31.1 Å². The molecule has 1 aromatic carbocycles. The molecule has 0 fully saturated rings. The van der Waals surface area contributed by atoms with E-state index in [9.17, 15) is 26.4 Å². The van der Waals surface area contributed by atoms with Crippen LogP contribution < -0.4 is 0 Å². The lowest BCUT2D eigenvalue weighted by Crippen LogP contribution is -2.16. The molecule has 0 unspecified atom stereocenters. The van der Waals surface area contributed by atoms with Crippen LogP contribution in [0.4, 0.5) is 13.2 Å². The molecule has 0 spiro atoms. The molecule has 7 nitrogen and oxygen atoms in total. The third kappa shape index (κ3) is 5.09. The van der Waals surface area contributed by atoms with E-state index in [1.54, 1.807) is 43.3 Å². The number of benzene rings is 1. The summed E-state index contributed by atoms with van der Waals surface area (Å²) in [5.74, 6) is -0.820. The number of alkyl halides is 3. The van der Waals surface area contributed by atoms with Crippen LogP contribution in [0.2, 0.25) is 0 Å². The number of hydrogen-bond donors (Lipinski definition) is 2. The highest BCUT2D eigenvalue weighted by molar-refractivity contribution is 7.71. The molecule has 1 N–H and O–H groups in total. The zero-order valence-electron chi connectivity index (χ0n) is 15.8. The number of thiol groups is 1. The number of aromatic amines is 1. The highest BCUT2D eigenvalue weighted by Crippen LogP contribution is 2.32. The predicted octanol–water partition coefficient (Wildman–Crippen LogP) is 3.24. The summed E-state index contributed by atoms with van der Waals surface area (Å²) in [5, 5.41) is 3.51. The Morgan fingerprint density at radius 3 is 2.57 bits per heavy atom. The van der Waals surface area contributed by atoms with E-state index < -0.39 is 35.1 Å². The summed E-state index contributed by atoms with van der Waals surface area (Å²) in [7, 11) is -2.59. The third-order valence-corrected chi connectivity index (χ3v) is 4.79. The Kier molecular flexibility index (Phi) is 6.30. The number of carbonyl (C=O) groups excluding carboxylic acids is 1. The van der Waals surface area contributed by atoms with E-state index in [0.29, 0.717) is 22.5 Å². The highest BCUT2D eigenvalue weighted by Gasteiger charge is 2.35. The molecule has 0 radical (unpaired) electrons. The molecule has 0 bridgehead atoms. The summed E-state index contributed by atoms with van der Waals surface area (Å²) in [6.45, 7) is 1.22. The molecule has 0 saturated carbocycles. The van der Waals surface area contributed by atoms with E-state index >= 15 is 0 Å². The highest BCUT2D eigenvalue weighted by atomic mass is 32.2.